The molecule has 1 heterocycles. The van der Waals surface area contributed by atoms with Crippen molar-refractivity contribution in [2.75, 3.05) is 44.2 Å². The number of benzene rings is 1. The second kappa shape index (κ2) is 8.66. The minimum absolute atomic E-state index is 0.00210. The Morgan fingerprint density at radius 1 is 1.22 bits per heavy atom. The Balaban J connectivity index is 2.27. The van der Waals surface area contributed by atoms with Gasteiger partial charge in [-0.05, 0) is 26.0 Å². The predicted octanol–water partition coefficient (Wildman–Crippen LogP) is 2.30. The van der Waals surface area contributed by atoms with Gasteiger partial charge in [0.05, 0.1) is 4.92 Å². The highest BCUT2D eigenvalue weighted by Crippen LogP contribution is 2.30. The first-order valence-corrected chi connectivity index (χ1v) is 8.97. The molecule has 1 aliphatic rings. The van der Waals surface area contributed by atoms with E-state index in [0.717, 1.165) is 5.57 Å². The Morgan fingerprint density at radius 2 is 1.85 bits per heavy atom. The second-order valence-corrected chi connectivity index (χ2v) is 6.73. The Morgan fingerprint density at radius 3 is 2.33 bits per heavy atom. The summed E-state index contributed by atoms with van der Waals surface area (Å²) < 4.78 is 0. The van der Waals surface area contributed by atoms with E-state index in [9.17, 15) is 19.7 Å². The van der Waals surface area contributed by atoms with Gasteiger partial charge in [-0.1, -0.05) is 12.2 Å². The molecule has 0 aliphatic carbocycles. The molecule has 1 aliphatic heterocycles. The number of nitrogens with zero attached hydrogens (tertiary/aromatic N) is 4. The fourth-order valence-electron chi connectivity index (χ4n) is 3.17. The maximum absolute atomic E-state index is 12.7. The summed E-state index contributed by atoms with van der Waals surface area (Å²) in [6.45, 7) is 12.0. The molecule has 2 amide bonds. The van der Waals surface area contributed by atoms with Gasteiger partial charge in [-0.2, -0.15) is 0 Å². The number of carbonyl (C=O) groups is 2. The number of likely N-dealkylation sites (N-methyl/N-ethyl adjacent to an activating group) is 1. The van der Waals surface area contributed by atoms with Crippen LogP contribution in [-0.2, 0) is 4.79 Å². The molecule has 0 saturated carbocycles. The summed E-state index contributed by atoms with van der Waals surface area (Å²) >= 11 is 0. The van der Waals surface area contributed by atoms with E-state index in [1.165, 1.54) is 13.0 Å². The lowest BCUT2D eigenvalue weighted by atomic mass is 10.1. The zero-order valence-electron chi connectivity index (χ0n) is 16.1. The minimum atomic E-state index is -0.460. The van der Waals surface area contributed by atoms with Gasteiger partial charge in [-0.3, -0.25) is 19.7 Å². The van der Waals surface area contributed by atoms with Gasteiger partial charge < -0.3 is 14.7 Å². The summed E-state index contributed by atoms with van der Waals surface area (Å²) in [5.74, 6) is -0.251. The predicted molar refractivity (Wildman–Crippen MR) is 104 cm³/mol. The van der Waals surface area contributed by atoms with Crippen LogP contribution in [0.5, 0.6) is 0 Å². The normalized spacial score (nSPS) is 14.0. The number of nitro groups is 1. The van der Waals surface area contributed by atoms with E-state index in [-0.39, 0.29) is 23.1 Å². The van der Waals surface area contributed by atoms with E-state index in [0.29, 0.717) is 45.0 Å². The van der Waals surface area contributed by atoms with Crippen LogP contribution in [0.4, 0.5) is 11.4 Å². The van der Waals surface area contributed by atoms with Gasteiger partial charge >= 0.3 is 0 Å². The van der Waals surface area contributed by atoms with Gasteiger partial charge in [0.2, 0.25) is 5.91 Å². The summed E-state index contributed by atoms with van der Waals surface area (Å²) in [5.41, 5.74) is 1.52. The average molecular weight is 374 g/mol. The van der Waals surface area contributed by atoms with Crippen LogP contribution in [0.1, 0.15) is 31.1 Å². The third kappa shape index (κ3) is 4.84. The van der Waals surface area contributed by atoms with Crippen molar-refractivity contribution in [3.63, 3.8) is 0 Å². The van der Waals surface area contributed by atoms with Crippen molar-refractivity contribution < 1.29 is 14.5 Å². The highest BCUT2D eigenvalue weighted by Gasteiger charge is 2.26. The standard InChI is InChI=1S/C19H26N4O4/c1-5-20(13-14(2)3)19(25)16-6-7-17(18(12-16)23(26)27)22-10-8-21(9-11-22)15(4)24/h6-7,12H,2,5,8-11,13H2,1,3-4H3. The van der Waals surface area contributed by atoms with Gasteiger partial charge in [0, 0.05) is 57.8 Å². The number of amides is 2. The largest absolute Gasteiger partial charge is 0.362 e. The zero-order chi connectivity index (χ0) is 20.1. The number of anilines is 1. The molecule has 8 heteroatoms. The molecule has 0 radical (unpaired) electrons. The van der Waals surface area contributed by atoms with E-state index in [1.54, 1.807) is 21.9 Å². The molecule has 8 nitrogen and oxygen atoms in total. The van der Waals surface area contributed by atoms with E-state index in [4.69, 9.17) is 0 Å². The topological polar surface area (TPSA) is 87.0 Å². The number of nitro benzene ring substituents is 1. The fraction of sp³-hybridized carbons (Fsp3) is 0.474. The smallest absolute Gasteiger partial charge is 0.293 e. The summed E-state index contributed by atoms with van der Waals surface area (Å²) in [7, 11) is 0. The van der Waals surface area contributed by atoms with Crippen LogP contribution in [0, 0.1) is 10.1 Å². The van der Waals surface area contributed by atoms with Crippen molar-refractivity contribution in [1.29, 1.82) is 0 Å². The molecule has 0 atom stereocenters. The molecule has 0 N–H and O–H groups in total. The highest BCUT2D eigenvalue weighted by atomic mass is 16.6. The molecule has 0 aromatic heterocycles. The maximum atomic E-state index is 12.7. The molecule has 1 saturated heterocycles. The lowest BCUT2D eigenvalue weighted by molar-refractivity contribution is -0.384. The molecule has 2 rings (SSSR count). The third-order valence-electron chi connectivity index (χ3n) is 4.61. The first-order valence-electron chi connectivity index (χ1n) is 8.97. The number of piperazine rings is 1. The van der Waals surface area contributed by atoms with Crippen LogP contribution in [0.2, 0.25) is 0 Å². The second-order valence-electron chi connectivity index (χ2n) is 6.73. The summed E-state index contributed by atoms with van der Waals surface area (Å²) in [4.78, 5) is 40.5. The van der Waals surface area contributed by atoms with Crippen LogP contribution in [-0.4, -0.2) is 65.8 Å². The molecule has 1 aromatic rings. The van der Waals surface area contributed by atoms with Crippen molar-refractivity contribution in [3.05, 3.63) is 46.0 Å². The van der Waals surface area contributed by atoms with Crippen molar-refractivity contribution in [1.82, 2.24) is 9.80 Å². The molecule has 146 valence electrons. The third-order valence-corrected chi connectivity index (χ3v) is 4.61. The maximum Gasteiger partial charge on any atom is 0.293 e. The molecule has 0 unspecified atom stereocenters. The number of carbonyl (C=O) groups excluding carboxylic acids is 2. The van der Waals surface area contributed by atoms with Crippen LogP contribution in [0.3, 0.4) is 0 Å². The fourth-order valence-corrected chi connectivity index (χ4v) is 3.17. The quantitative estimate of drug-likeness (QED) is 0.433. The van der Waals surface area contributed by atoms with Crippen molar-refractivity contribution in [2.45, 2.75) is 20.8 Å². The van der Waals surface area contributed by atoms with Crippen LogP contribution in [0.15, 0.2) is 30.4 Å². The minimum Gasteiger partial charge on any atom is -0.362 e. The molecular weight excluding hydrogens is 348 g/mol. The molecule has 0 bridgehead atoms. The Labute approximate surface area is 159 Å². The molecular formula is C19H26N4O4. The van der Waals surface area contributed by atoms with Crippen LogP contribution in [0.25, 0.3) is 0 Å². The molecule has 27 heavy (non-hydrogen) atoms. The van der Waals surface area contributed by atoms with Gasteiger partial charge in [-0.15, -0.1) is 0 Å². The average Bonchev–Trinajstić information content (AvgIpc) is 2.64. The van der Waals surface area contributed by atoms with Crippen molar-refractivity contribution >= 4 is 23.2 Å². The first kappa shape index (κ1) is 20.4. The first-order chi connectivity index (χ1) is 12.7. The van der Waals surface area contributed by atoms with Gasteiger partial charge in [0.1, 0.15) is 5.69 Å². The summed E-state index contributed by atoms with van der Waals surface area (Å²) in [6, 6.07) is 4.60. The molecule has 1 fully saturated rings. The number of hydrogen-bond donors (Lipinski definition) is 0. The van der Waals surface area contributed by atoms with Crippen LogP contribution < -0.4 is 4.90 Å². The Hall–Kier alpha value is -2.90. The monoisotopic (exact) mass is 374 g/mol. The van der Waals surface area contributed by atoms with Crippen molar-refractivity contribution in [3.8, 4) is 0 Å². The lowest BCUT2D eigenvalue weighted by Gasteiger charge is -2.35. The van der Waals surface area contributed by atoms with Gasteiger partial charge in [0.25, 0.3) is 11.6 Å². The number of rotatable bonds is 6. The summed E-state index contributed by atoms with van der Waals surface area (Å²) in [5, 5.41) is 11.6. The van der Waals surface area contributed by atoms with E-state index >= 15 is 0 Å². The lowest BCUT2D eigenvalue weighted by Crippen LogP contribution is -2.48. The highest BCUT2D eigenvalue weighted by molar-refractivity contribution is 5.96. The zero-order valence-corrected chi connectivity index (χ0v) is 16.1. The van der Waals surface area contributed by atoms with Crippen LogP contribution >= 0.6 is 0 Å². The van der Waals surface area contributed by atoms with E-state index in [1.807, 2.05) is 18.7 Å². The SMILES string of the molecule is C=C(C)CN(CC)C(=O)c1ccc(N2CCN(C(C)=O)CC2)c([N+](=O)[O-])c1. The molecule has 1 aromatic carbocycles. The van der Waals surface area contributed by atoms with Crippen molar-refractivity contribution in [2.24, 2.45) is 0 Å². The molecule has 0 spiro atoms. The summed E-state index contributed by atoms with van der Waals surface area (Å²) in [6.07, 6.45) is 0. The Kier molecular flexibility index (Phi) is 6.55. The van der Waals surface area contributed by atoms with E-state index < -0.39 is 4.92 Å². The van der Waals surface area contributed by atoms with E-state index in [2.05, 4.69) is 6.58 Å². The Bertz CT molecular complexity index is 754. The van der Waals surface area contributed by atoms with Gasteiger partial charge in [-0.25, -0.2) is 0 Å². The van der Waals surface area contributed by atoms with Gasteiger partial charge in [0.15, 0.2) is 0 Å². The number of hydrogen-bond acceptors (Lipinski definition) is 5.